The van der Waals surface area contributed by atoms with E-state index in [4.69, 9.17) is 4.74 Å². The quantitative estimate of drug-likeness (QED) is 0.641. The van der Waals surface area contributed by atoms with Crippen LogP contribution in [0.5, 0.6) is 5.75 Å². The molecular weight excluding hydrogens is 284 g/mol. The number of allylic oxidation sites excluding steroid dienone is 2. The summed E-state index contributed by atoms with van der Waals surface area (Å²) in [4.78, 5) is 4.52. The number of aliphatic imine (C=N–C) groups is 1. The van der Waals surface area contributed by atoms with E-state index in [9.17, 15) is 0 Å². The molecule has 0 atom stereocenters. The van der Waals surface area contributed by atoms with Crippen LogP contribution in [0.4, 0.5) is 5.69 Å². The first kappa shape index (κ1) is 19.0. The van der Waals surface area contributed by atoms with E-state index in [2.05, 4.69) is 42.9 Å². The molecule has 3 nitrogen and oxygen atoms in total. The number of hydrogen-bond acceptors (Lipinski definition) is 3. The molecule has 0 amide bonds. The molecule has 1 aromatic carbocycles. The van der Waals surface area contributed by atoms with Crippen molar-refractivity contribution in [3.8, 4) is 5.75 Å². The molecule has 1 aromatic rings. The first-order chi connectivity index (χ1) is 11.0. The van der Waals surface area contributed by atoms with Gasteiger partial charge in [-0.25, -0.2) is 4.99 Å². The lowest BCUT2D eigenvalue weighted by atomic mass is 9.99. The molecule has 0 heterocycles. The highest BCUT2D eigenvalue weighted by Gasteiger charge is 2.10. The van der Waals surface area contributed by atoms with Crippen LogP contribution >= 0.6 is 0 Å². The minimum atomic E-state index is 0.618. The summed E-state index contributed by atoms with van der Waals surface area (Å²) in [7, 11) is 1.70. The molecule has 0 spiro atoms. The number of aryl methyl sites for hydroxylation is 2. The third-order valence-electron chi connectivity index (χ3n) is 4.01. The largest absolute Gasteiger partial charge is 0.495 e. The van der Waals surface area contributed by atoms with Gasteiger partial charge in [-0.3, -0.25) is 0 Å². The van der Waals surface area contributed by atoms with Crippen molar-refractivity contribution in [2.75, 3.05) is 12.4 Å². The zero-order chi connectivity index (χ0) is 17.4. The highest BCUT2D eigenvalue weighted by Crippen LogP contribution is 2.30. The van der Waals surface area contributed by atoms with Gasteiger partial charge in [0.15, 0.2) is 0 Å². The smallest absolute Gasteiger partial charge is 0.142 e. The van der Waals surface area contributed by atoms with Crippen molar-refractivity contribution in [1.82, 2.24) is 0 Å². The normalized spacial score (nSPS) is 12.3. The third-order valence-corrected chi connectivity index (χ3v) is 4.01. The Morgan fingerprint density at radius 1 is 1.26 bits per heavy atom. The Morgan fingerprint density at radius 3 is 2.48 bits per heavy atom. The lowest BCUT2D eigenvalue weighted by Crippen LogP contribution is -2.04. The van der Waals surface area contributed by atoms with Crippen molar-refractivity contribution in [2.45, 2.75) is 53.9 Å². The molecule has 0 unspecified atom stereocenters. The monoisotopic (exact) mass is 314 g/mol. The Kier molecular flexibility index (Phi) is 7.60. The maximum absolute atomic E-state index is 5.54. The molecule has 0 aliphatic rings. The Hall–Kier alpha value is -2.03. The van der Waals surface area contributed by atoms with Crippen LogP contribution in [-0.4, -0.2) is 12.8 Å². The van der Waals surface area contributed by atoms with Gasteiger partial charge in [0.05, 0.1) is 12.8 Å². The third kappa shape index (κ3) is 5.27. The van der Waals surface area contributed by atoms with Crippen LogP contribution in [0, 0.1) is 0 Å². The average Bonchev–Trinajstić information content (AvgIpc) is 2.54. The molecule has 1 N–H and O–H groups in total. The molecule has 0 saturated carbocycles. The van der Waals surface area contributed by atoms with Crippen LogP contribution in [0.25, 0.3) is 0 Å². The molecule has 1 rings (SSSR count). The van der Waals surface area contributed by atoms with Gasteiger partial charge in [0.1, 0.15) is 11.6 Å². The van der Waals surface area contributed by atoms with Crippen molar-refractivity contribution < 1.29 is 4.74 Å². The van der Waals surface area contributed by atoms with E-state index in [1.807, 2.05) is 26.8 Å². The molecule has 0 aromatic heterocycles. The average molecular weight is 314 g/mol. The second-order valence-corrected chi connectivity index (χ2v) is 5.67. The van der Waals surface area contributed by atoms with Gasteiger partial charge in [-0.05, 0) is 62.4 Å². The van der Waals surface area contributed by atoms with E-state index in [0.717, 1.165) is 42.0 Å². The first-order valence-corrected chi connectivity index (χ1v) is 8.31. The van der Waals surface area contributed by atoms with Gasteiger partial charge in [0, 0.05) is 5.71 Å². The topological polar surface area (TPSA) is 33.6 Å². The minimum absolute atomic E-state index is 0.618. The summed E-state index contributed by atoms with van der Waals surface area (Å²) in [6.07, 6.45) is 5.24. The van der Waals surface area contributed by atoms with E-state index in [-0.39, 0.29) is 0 Å². The summed E-state index contributed by atoms with van der Waals surface area (Å²) >= 11 is 0. The van der Waals surface area contributed by atoms with E-state index in [1.54, 1.807) is 7.11 Å². The minimum Gasteiger partial charge on any atom is -0.495 e. The van der Waals surface area contributed by atoms with E-state index < -0.39 is 0 Å². The molecule has 0 bridgehead atoms. The number of benzene rings is 1. The fraction of sp³-hybridized carbons (Fsp3) is 0.450. The lowest BCUT2D eigenvalue weighted by molar-refractivity contribution is 0.416. The summed E-state index contributed by atoms with van der Waals surface area (Å²) in [6.45, 7) is 14.4. The molecule has 3 heteroatoms. The van der Waals surface area contributed by atoms with Gasteiger partial charge in [0.2, 0.25) is 0 Å². The second kappa shape index (κ2) is 9.19. The molecule has 0 aliphatic heterocycles. The van der Waals surface area contributed by atoms with Gasteiger partial charge >= 0.3 is 0 Å². The van der Waals surface area contributed by atoms with Crippen molar-refractivity contribution in [1.29, 1.82) is 0 Å². The predicted octanol–water partition coefficient (Wildman–Crippen LogP) is 5.52. The van der Waals surface area contributed by atoms with E-state index in [0.29, 0.717) is 5.82 Å². The molecule has 0 aliphatic carbocycles. The van der Waals surface area contributed by atoms with Crippen LogP contribution in [0.15, 0.2) is 41.2 Å². The van der Waals surface area contributed by atoms with Crippen LogP contribution < -0.4 is 10.1 Å². The molecule has 126 valence electrons. The number of rotatable bonds is 8. The zero-order valence-corrected chi connectivity index (χ0v) is 15.4. The van der Waals surface area contributed by atoms with Crippen molar-refractivity contribution in [3.05, 3.63) is 47.3 Å². The molecule has 0 radical (unpaired) electrons. The van der Waals surface area contributed by atoms with Crippen LogP contribution in [0.2, 0.25) is 0 Å². The van der Waals surface area contributed by atoms with E-state index in [1.165, 1.54) is 11.1 Å². The Labute approximate surface area is 141 Å². The maximum Gasteiger partial charge on any atom is 0.142 e. The van der Waals surface area contributed by atoms with Gasteiger partial charge in [-0.1, -0.05) is 32.9 Å². The number of ether oxygens (including phenoxy) is 1. The number of methoxy groups -OCH3 is 1. The number of nitrogens with one attached hydrogen (secondary N) is 1. The van der Waals surface area contributed by atoms with Crippen molar-refractivity contribution in [2.24, 2.45) is 4.99 Å². The number of anilines is 1. The van der Waals surface area contributed by atoms with Gasteiger partial charge < -0.3 is 10.1 Å². The second-order valence-electron chi connectivity index (χ2n) is 5.67. The van der Waals surface area contributed by atoms with Crippen LogP contribution in [-0.2, 0) is 12.8 Å². The molecule has 0 fully saturated rings. The number of nitrogens with zero attached hydrogens (tertiary/aromatic N) is 1. The lowest BCUT2D eigenvalue weighted by Gasteiger charge is -2.16. The van der Waals surface area contributed by atoms with Gasteiger partial charge in [-0.15, -0.1) is 0 Å². The SMILES string of the molecule is C=C(N=C(C)/C(C)=C\C)Nc1cc(CC)c(CCC)cc1OC. The Balaban J connectivity index is 3.10. The summed E-state index contributed by atoms with van der Waals surface area (Å²) in [5.74, 6) is 1.45. The fourth-order valence-corrected chi connectivity index (χ4v) is 2.45. The zero-order valence-electron chi connectivity index (χ0n) is 15.4. The Bertz CT molecular complexity index is 612. The van der Waals surface area contributed by atoms with Gasteiger partial charge in [0.25, 0.3) is 0 Å². The molecule has 23 heavy (non-hydrogen) atoms. The molecule has 0 saturated heterocycles. The highest BCUT2D eigenvalue weighted by atomic mass is 16.5. The van der Waals surface area contributed by atoms with Crippen molar-refractivity contribution >= 4 is 11.4 Å². The van der Waals surface area contributed by atoms with Crippen LogP contribution in [0.1, 0.15) is 52.2 Å². The summed E-state index contributed by atoms with van der Waals surface area (Å²) in [5.41, 5.74) is 5.72. The van der Waals surface area contributed by atoms with Crippen LogP contribution in [0.3, 0.4) is 0 Å². The van der Waals surface area contributed by atoms with Crippen molar-refractivity contribution in [3.63, 3.8) is 0 Å². The highest BCUT2D eigenvalue weighted by molar-refractivity contribution is 5.98. The Morgan fingerprint density at radius 2 is 1.96 bits per heavy atom. The number of hydrogen-bond donors (Lipinski definition) is 1. The van der Waals surface area contributed by atoms with E-state index >= 15 is 0 Å². The summed E-state index contributed by atoms with van der Waals surface area (Å²) in [5, 5.41) is 3.28. The maximum atomic E-state index is 5.54. The first-order valence-electron chi connectivity index (χ1n) is 8.31. The fourth-order valence-electron chi connectivity index (χ4n) is 2.45. The summed E-state index contributed by atoms with van der Waals surface area (Å²) in [6, 6.07) is 4.29. The standard InChI is InChI=1S/C20H30N2O/c1-8-11-18-13-20(23-7)19(12-17(18)10-3)22-16(6)21-15(5)14(4)9-2/h9,12-13,22H,6,8,10-11H2,1-5,7H3/b14-9-,21-15?. The molecular formula is C20H30N2O. The van der Waals surface area contributed by atoms with Gasteiger partial charge in [-0.2, -0.15) is 0 Å². The summed E-state index contributed by atoms with van der Waals surface area (Å²) < 4.78 is 5.54. The predicted molar refractivity (Wildman–Crippen MR) is 102 cm³/mol.